The summed E-state index contributed by atoms with van der Waals surface area (Å²) in [4.78, 5) is 14.9. The van der Waals surface area contributed by atoms with Gasteiger partial charge in [-0.3, -0.25) is 4.79 Å². The van der Waals surface area contributed by atoms with E-state index >= 15 is 0 Å². The molecule has 0 spiro atoms. The lowest BCUT2D eigenvalue weighted by molar-refractivity contribution is -0.118. The Labute approximate surface area is 97.0 Å². The van der Waals surface area contributed by atoms with Gasteiger partial charge in [0.1, 0.15) is 5.52 Å². The number of aryl methyl sites for hydroxylation is 1. The zero-order valence-electron chi connectivity index (χ0n) is 8.48. The van der Waals surface area contributed by atoms with Crippen LogP contribution in [0.5, 0.6) is 0 Å². The minimum atomic E-state index is -0.372. The number of hydrogen-bond acceptors (Lipinski definition) is 3. The van der Waals surface area contributed by atoms with Gasteiger partial charge in [-0.2, -0.15) is 0 Å². The number of halogens is 1. The maximum absolute atomic E-state index is 10.7. The summed E-state index contributed by atoms with van der Waals surface area (Å²) in [7, 11) is 0. The predicted molar refractivity (Wildman–Crippen MR) is 63.0 cm³/mol. The number of primary amides is 1. The first-order valence-corrected chi connectivity index (χ1v) is 5.16. The van der Waals surface area contributed by atoms with Crippen molar-refractivity contribution in [1.29, 1.82) is 0 Å². The van der Waals surface area contributed by atoms with Gasteiger partial charge in [-0.25, -0.2) is 4.98 Å². The number of nitrogens with zero attached hydrogens (tertiary/aromatic N) is 2. The Morgan fingerprint density at radius 1 is 1.50 bits per heavy atom. The minimum Gasteiger partial charge on any atom is -0.370 e. The lowest BCUT2D eigenvalue weighted by atomic mass is 10.3. The first-order chi connectivity index (χ1) is 7.59. The Hall–Kier alpha value is -1.75. The molecule has 0 fully saturated rings. The highest BCUT2D eigenvalue weighted by molar-refractivity contribution is 6.35. The number of nitrogens with two attached hydrogens (primary N) is 2. The topological polar surface area (TPSA) is 86.9 Å². The summed E-state index contributed by atoms with van der Waals surface area (Å²) in [6, 6.07) is 5.41. The Kier molecular flexibility index (Phi) is 2.70. The molecule has 0 atom stereocenters. The number of carbonyl (C=O) groups is 1. The molecule has 84 valence electrons. The maximum Gasteiger partial charge on any atom is 0.219 e. The van der Waals surface area contributed by atoms with Crippen molar-refractivity contribution in [2.45, 2.75) is 13.0 Å². The molecule has 2 aromatic rings. The first kappa shape index (κ1) is 10.8. The third kappa shape index (κ3) is 1.81. The molecule has 6 heteroatoms. The number of hydrogen-bond donors (Lipinski definition) is 2. The van der Waals surface area contributed by atoms with E-state index in [9.17, 15) is 4.79 Å². The minimum absolute atomic E-state index is 0.224. The zero-order chi connectivity index (χ0) is 11.7. The zero-order valence-corrected chi connectivity index (χ0v) is 9.24. The summed E-state index contributed by atoms with van der Waals surface area (Å²) in [6.45, 7) is 0.415. The van der Waals surface area contributed by atoms with E-state index in [2.05, 4.69) is 4.98 Å². The number of nitrogen functional groups attached to an aromatic ring is 1. The van der Waals surface area contributed by atoms with Gasteiger partial charge in [0.2, 0.25) is 11.9 Å². The van der Waals surface area contributed by atoms with Crippen molar-refractivity contribution in [1.82, 2.24) is 9.55 Å². The Morgan fingerprint density at radius 2 is 2.25 bits per heavy atom. The SMILES string of the molecule is NC(=O)CCn1c(N)nc2c(Cl)cccc21. The van der Waals surface area contributed by atoms with Gasteiger partial charge in [0.25, 0.3) is 0 Å². The van der Waals surface area contributed by atoms with Crippen molar-refractivity contribution < 1.29 is 4.79 Å². The highest BCUT2D eigenvalue weighted by atomic mass is 35.5. The number of para-hydroxylation sites is 1. The molecule has 0 saturated carbocycles. The Morgan fingerprint density at radius 3 is 2.94 bits per heavy atom. The monoisotopic (exact) mass is 238 g/mol. The van der Waals surface area contributed by atoms with E-state index in [1.165, 1.54) is 0 Å². The molecule has 1 amide bonds. The van der Waals surface area contributed by atoms with Crippen molar-refractivity contribution in [3.8, 4) is 0 Å². The molecule has 0 aliphatic rings. The number of carbonyl (C=O) groups excluding carboxylic acids is 1. The van der Waals surface area contributed by atoms with Gasteiger partial charge in [0.05, 0.1) is 10.5 Å². The van der Waals surface area contributed by atoms with Gasteiger partial charge in [0.15, 0.2) is 0 Å². The normalized spacial score (nSPS) is 10.8. The van der Waals surface area contributed by atoms with Crippen LogP contribution in [0.2, 0.25) is 5.02 Å². The average Bonchev–Trinajstić information content (AvgIpc) is 2.53. The Balaban J connectivity index is 2.48. The van der Waals surface area contributed by atoms with Crippen molar-refractivity contribution in [3.05, 3.63) is 23.2 Å². The molecule has 0 saturated heterocycles. The maximum atomic E-state index is 10.7. The molecule has 1 aromatic heterocycles. The number of imidazole rings is 1. The summed E-state index contributed by atoms with van der Waals surface area (Å²) < 4.78 is 1.73. The Bertz CT molecular complexity index is 549. The average molecular weight is 239 g/mol. The van der Waals surface area contributed by atoms with Crippen molar-refractivity contribution in [2.75, 3.05) is 5.73 Å². The molecular formula is C10H11ClN4O. The molecule has 0 aliphatic heterocycles. The molecule has 0 bridgehead atoms. The van der Waals surface area contributed by atoms with Gasteiger partial charge in [-0.05, 0) is 12.1 Å². The summed E-state index contributed by atoms with van der Waals surface area (Å²) in [6.07, 6.45) is 0.224. The number of fused-ring (bicyclic) bond motifs is 1. The van der Waals surface area contributed by atoms with Crippen LogP contribution in [0.4, 0.5) is 5.95 Å². The summed E-state index contributed by atoms with van der Waals surface area (Å²) in [5, 5.41) is 0.544. The molecule has 0 unspecified atom stereocenters. The summed E-state index contributed by atoms with van der Waals surface area (Å²) in [5.41, 5.74) is 12.3. The first-order valence-electron chi connectivity index (χ1n) is 4.78. The molecular weight excluding hydrogens is 228 g/mol. The van der Waals surface area contributed by atoms with E-state index < -0.39 is 0 Å². The largest absolute Gasteiger partial charge is 0.370 e. The van der Waals surface area contributed by atoms with Crippen LogP contribution < -0.4 is 11.5 Å². The standard InChI is InChI=1S/C10H11ClN4O/c11-6-2-1-3-7-9(6)14-10(13)15(7)5-4-8(12)16/h1-3H,4-5H2,(H2,12,16)(H2,13,14). The van der Waals surface area contributed by atoms with Crippen LogP contribution in [-0.4, -0.2) is 15.5 Å². The van der Waals surface area contributed by atoms with E-state index in [0.29, 0.717) is 23.0 Å². The molecule has 4 N–H and O–H groups in total. The second-order valence-electron chi connectivity index (χ2n) is 3.45. The number of aromatic nitrogens is 2. The molecule has 0 aliphatic carbocycles. The quantitative estimate of drug-likeness (QED) is 0.841. The van der Waals surface area contributed by atoms with Gasteiger partial charge < -0.3 is 16.0 Å². The van der Waals surface area contributed by atoms with Crippen LogP contribution >= 0.6 is 11.6 Å². The van der Waals surface area contributed by atoms with Crippen LogP contribution in [0, 0.1) is 0 Å². The summed E-state index contributed by atoms with van der Waals surface area (Å²) in [5.74, 6) is -0.0346. The highest BCUT2D eigenvalue weighted by Crippen LogP contribution is 2.24. The van der Waals surface area contributed by atoms with Gasteiger partial charge >= 0.3 is 0 Å². The van der Waals surface area contributed by atoms with Gasteiger partial charge in [-0.1, -0.05) is 17.7 Å². The number of anilines is 1. The molecule has 0 radical (unpaired) electrons. The van der Waals surface area contributed by atoms with Gasteiger partial charge in [-0.15, -0.1) is 0 Å². The molecule has 5 nitrogen and oxygen atoms in total. The van der Waals surface area contributed by atoms with Crippen molar-refractivity contribution >= 4 is 34.5 Å². The van der Waals surface area contributed by atoms with E-state index in [1.54, 1.807) is 10.6 Å². The fourth-order valence-corrected chi connectivity index (χ4v) is 1.80. The molecule has 1 heterocycles. The van der Waals surface area contributed by atoms with E-state index in [0.717, 1.165) is 5.52 Å². The highest BCUT2D eigenvalue weighted by Gasteiger charge is 2.10. The second kappa shape index (κ2) is 4.02. The predicted octanol–water partition coefficient (Wildman–Crippen LogP) is 1.15. The van der Waals surface area contributed by atoms with Crippen LogP contribution in [0.1, 0.15) is 6.42 Å². The lowest BCUT2D eigenvalue weighted by Crippen LogP contribution is -2.14. The van der Waals surface area contributed by atoms with Crippen molar-refractivity contribution in [2.24, 2.45) is 5.73 Å². The molecule has 16 heavy (non-hydrogen) atoms. The fourth-order valence-electron chi connectivity index (χ4n) is 1.59. The van der Waals surface area contributed by atoms with Crippen LogP contribution in [-0.2, 0) is 11.3 Å². The van der Waals surface area contributed by atoms with E-state index in [4.69, 9.17) is 23.1 Å². The third-order valence-electron chi connectivity index (χ3n) is 2.34. The third-order valence-corrected chi connectivity index (χ3v) is 2.65. The van der Waals surface area contributed by atoms with E-state index in [-0.39, 0.29) is 12.3 Å². The van der Waals surface area contributed by atoms with Crippen LogP contribution in [0.15, 0.2) is 18.2 Å². The molecule has 1 aromatic carbocycles. The summed E-state index contributed by atoms with van der Waals surface area (Å²) >= 11 is 5.98. The molecule has 2 rings (SSSR count). The second-order valence-corrected chi connectivity index (χ2v) is 3.85. The fraction of sp³-hybridized carbons (Fsp3) is 0.200. The number of rotatable bonds is 3. The lowest BCUT2D eigenvalue weighted by Gasteiger charge is -2.04. The number of amides is 1. The van der Waals surface area contributed by atoms with Crippen LogP contribution in [0.3, 0.4) is 0 Å². The smallest absolute Gasteiger partial charge is 0.219 e. The van der Waals surface area contributed by atoms with Crippen molar-refractivity contribution in [3.63, 3.8) is 0 Å². The number of benzene rings is 1. The van der Waals surface area contributed by atoms with Crippen LogP contribution in [0.25, 0.3) is 11.0 Å². The van der Waals surface area contributed by atoms with E-state index in [1.807, 2.05) is 12.1 Å². The van der Waals surface area contributed by atoms with Gasteiger partial charge in [0, 0.05) is 13.0 Å².